The molecule has 0 saturated carbocycles. The number of benzene rings is 1. The topological polar surface area (TPSA) is 69.4 Å². The van der Waals surface area contributed by atoms with E-state index < -0.39 is 10.9 Å². The van der Waals surface area contributed by atoms with E-state index in [1.54, 1.807) is 26.0 Å². The number of esters is 1. The predicted octanol–water partition coefficient (Wildman–Crippen LogP) is 3.48. The van der Waals surface area contributed by atoms with Crippen LogP contribution in [0.15, 0.2) is 34.0 Å². The van der Waals surface area contributed by atoms with Crippen LogP contribution in [-0.4, -0.2) is 17.5 Å². The molecule has 0 N–H and O–H groups in total. The first-order chi connectivity index (χ1) is 8.95. The van der Waals surface area contributed by atoms with Crippen molar-refractivity contribution in [1.82, 2.24) is 0 Å². The zero-order valence-electron chi connectivity index (χ0n) is 10.5. The molecule has 0 aromatic heterocycles. The lowest BCUT2D eigenvalue weighted by Gasteiger charge is -1.99. The third-order valence-electron chi connectivity index (χ3n) is 2.22. The van der Waals surface area contributed by atoms with E-state index in [9.17, 15) is 14.9 Å². The SMILES string of the molecule is CCOC(=O)C(C)=C=Cc1ccc([N+](=O)[O-])cc1Br. The van der Waals surface area contributed by atoms with Gasteiger partial charge in [0.05, 0.1) is 17.1 Å². The fourth-order valence-electron chi connectivity index (χ4n) is 1.23. The highest BCUT2D eigenvalue weighted by atomic mass is 79.9. The molecule has 0 bridgehead atoms. The van der Waals surface area contributed by atoms with Crippen LogP contribution in [0.1, 0.15) is 19.4 Å². The highest BCUT2D eigenvalue weighted by molar-refractivity contribution is 9.10. The molecule has 0 unspecified atom stereocenters. The van der Waals surface area contributed by atoms with Crippen LogP contribution in [0, 0.1) is 10.1 Å². The van der Waals surface area contributed by atoms with Crippen molar-refractivity contribution >= 4 is 33.7 Å². The molecule has 5 nitrogen and oxygen atoms in total. The first-order valence-corrected chi connectivity index (χ1v) is 6.29. The summed E-state index contributed by atoms with van der Waals surface area (Å²) in [5.41, 5.74) is 3.81. The molecule has 0 aliphatic carbocycles. The summed E-state index contributed by atoms with van der Waals surface area (Å²) in [7, 11) is 0. The second kappa shape index (κ2) is 6.87. The van der Waals surface area contributed by atoms with Gasteiger partial charge >= 0.3 is 5.97 Å². The number of nitrogens with zero attached hydrogens (tertiary/aromatic N) is 1. The molecular weight excluding hydrogens is 314 g/mol. The molecule has 0 aliphatic rings. The summed E-state index contributed by atoms with van der Waals surface area (Å²) in [6.07, 6.45) is 1.57. The van der Waals surface area contributed by atoms with Gasteiger partial charge in [0.15, 0.2) is 0 Å². The Morgan fingerprint density at radius 2 is 2.26 bits per heavy atom. The maximum atomic E-state index is 11.3. The third-order valence-corrected chi connectivity index (χ3v) is 2.91. The number of nitro benzene ring substituents is 1. The molecule has 0 spiro atoms. The molecular formula is C13H12BrNO4. The van der Waals surface area contributed by atoms with Crippen LogP contribution in [0.25, 0.3) is 6.08 Å². The van der Waals surface area contributed by atoms with Gasteiger partial charge < -0.3 is 4.74 Å². The summed E-state index contributed by atoms with van der Waals surface area (Å²) < 4.78 is 5.37. The number of hydrogen-bond donors (Lipinski definition) is 0. The Bertz CT molecular complexity index is 574. The second-order valence-electron chi connectivity index (χ2n) is 3.60. The van der Waals surface area contributed by atoms with Gasteiger partial charge in [0, 0.05) is 16.6 Å². The zero-order chi connectivity index (χ0) is 14.4. The summed E-state index contributed by atoms with van der Waals surface area (Å²) in [6, 6.07) is 4.36. The standard InChI is InChI=1S/C13H12BrNO4/c1-3-19-13(16)9(2)4-5-10-6-7-11(15(17)18)8-12(10)14/h5-8H,3H2,1-2H3. The van der Waals surface area contributed by atoms with E-state index >= 15 is 0 Å². The van der Waals surface area contributed by atoms with Crippen molar-refractivity contribution < 1.29 is 14.5 Å². The van der Waals surface area contributed by atoms with E-state index in [1.165, 1.54) is 12.1 Å². The van der Waals surface area contributed by atoms with Crippen molar-refractivity contribution in [2.24, 2.45) is 0 Å². The number of halogens is 1. The van der Waals surface area contributed by atoms with Gasteiger partial charge in [0.25, 0.3) is 5.69 Å². The Labute approximate surface area is 118 Å². The predicted molar refractivity (Wildman–Crippen MR) is 74.6 cm³/mol. The average Bonchev–Trinajstić information content (AvgIpc) is 2.36. The van der Waals surface area contributed by atoms with Crippen molar-refractivity contribution in [3.8, 4) is 0 Å². The second-order valence-corrected chi connectivity index (χ2v) is 4.45. The Hall–Kier alpha value is -1.91. The Balaban J connectivity index is 3.03. The van der Waals surface area contributed by atoms with Crippen molar-refractivity contribution in [2.75, 3.05) is 6.61 Å². The third kappa shape index (κ3) is 4.35. The lowest BCUT2D eigenvalue weighted by atomic mass is 10.2. The van der Waals surface area contributed by atoms with Crippen molar-refractivity contribution in [3.05, 3.63) is 49.7 Å². The van der Waals surface area contributed by atoms with Crippen LogP contribution in [0.5, 0.6) is 0 Å². The molecule has 0 radical (unpaired) electrons. The average molecular weight is 326 g/mol. The molecule has 100 valence electrons. The van der Waals surface area contributed by atoms with E-state index in [2.05, 4.69) is 21.7 Å². The molecule has 0 aliphatic heterocycles. The highest BCUT2D eigenvalue weighted by Gasteiger charge is 2.07. The lowest BCUT2D eigenvalue weighted by Crippen LogP contribution is -2.03. The van der Waals surface area contributed by atoms with Crippen LogP contribution in [0.3, 0.4) is 0 Å². The molecule has 19 heavy (non-hydrogen) atoms. The number of carbonyl (C=O) groups excluding carboxylic acids is 1. The van der Waals surface area contributed by atoms with Crippen LogP contribution < -0.4 is 0 Å². The highest BCUT2D eigenvalue weighted by Crippen LogP contribution is 2.23. The fourth-order valence-corrected chi connectivity index (χ4v) is 1.71. The molecule has 6 heteroatoms. The number of rotatable bonds is 4. The van der Waals surface area contributed by atoms with Crippen LogP contribution >= 0.6 is 15.9 Å². The summed E-state index contributed by atoms with van der Waals surface area (Å²) in [6.45, 7) is 3.62. The van der Waals surface area contributed by atoms with Gasteiger partial charge in [-0.2, -0.15) is 0 Å². The van der Waals surface area contributed by atoms with E-state index in [1.807, 2.05) is 0 Å². The van der Waals surface area contributed by atoms with E-state index in [0.717, 1.165) is 0 Å². The summed E-state index contributed by atoms with van der Waals surface area (Å²) in [4.78, 5) is 21.5. The van der Waals surface area contributed by atoms with Crippen LogP contribution in [-0.2, 0) is 9.53 Å². The number of nitro groups is 1. The van der Waals surface area contributed by atoms with Crippen molar-refractivity contribution in [1.29, 1.82) is 0 Å². The van der Waals surface area contributed by atoms with Gasteiger partial charge in [0.1, 0.15) is 0 Å². The smallest absolute Gasteiger partial charge is 0.341 e. The fraction of sp³-hybridized carbons (Fsp3) is 0.231. The van der Waals surface area contributed by atoms with E-state index in [0.29, 0.717) is 22.2 Å². The summed E-state index contributed by atoms with van der Waals surface area (Å²) >= 11 is 3.23. The van der Waals surface area contributed by atoms with Crippen LogP contribution in [0.2, 0.25) is 0 Å². The van der Waals surface area contributed by atoms with Gasteiger partial charge in [0.2, 0.25) is 0 Å². The normalized spacial score (nSPS) is 9.42. The first-order valence-electron chi connectivity index (χ1n) is 5.50. The molecule has 0 amide bonds. The van der Waals surface area contributed by atoms with Gasteiger partial charge in [-0.25, -0.2) is 4.79 Å². The minimum absolute atomic E-state index is 0.00452. The maximum Gasteiger partial charge on any atom is 0.341 e. The summed E-state index contributed by atoms with van der Waals surface area (Å²) in [5.74, 6) is -0.434. The Morgan fingerprint density at radius 1 is 1.58 bits per heavy atom. The maximum absolute atomic E-state index is 11.3. The van der Waals surface area contributed by atoms with Crippen LogP contribution in [0.4, 0.5) is 5.69 Å². The lowest BCUT2D eigenvalue weighted by molar-refractivity contribution is -0.384. The number of ether oxygens (including phenoxy) is 1. The van der Waals surface area contributed by atoms with Gasteiger partial charge in [-0.1, -0.05) is 0 Å². The molecule has 1 aromatic carbocycles. The van der Waals surface area contributed by atoms with E-state index in [4.69, 9.17) is 4.74 Å². The summed E-state index contributed by atoms with van der Waals surface area (Å²) in [5, 5.41) is 10.6. The molecule has 1 aromatic rings. The number of hydrogen-bond acceptors (Lipinski definition) is 4. The van der Waals surface area contributed by atoms with Crippen molar-refractivity contribution in [3.63, 3.8) is 0 Å². The minimum Gasteiger partial charge on any atom is -0.462 e. The molecule has 1 rings (SSSR count). The Morgan fingerprint density at radius 3 is 2.79 bits per heavy atom. The largest absolute Gasteiger partial charge is 0.462 e. The molecule has 0 atom stereocenters. The number of non-ortho nitro benzene ring substituents is 1. The molecule has 0 saturated heterocycles. The van der Waals surface area contributed by atoms with Gasteiger partial charge in [-0.3, -0.25) is 10.1 Å². The number of carbonyl (C=O) groups is 1. The minimum atomic E-state index is -0.474. The first kappa shape index (κ1) is 15.1. The van der Waals surface area contributed by atoms with Crippen molar-refractivity contribution in [2.45, 2.75) is 13.8 Å². The van der Waals surface area contributed by atoms with Gasteiger partial charge in [-0.05, 0) is 47.5 Å². The Kier molecular flexibility index (Phi) is 5.48. The quantitative estimate of drug-likeness (QED) is 0.279. The van der Waals surface area contributed by atoms with E-state index in [-0.39, 0.29) is 5.69 Å². The molecule has 0 heterocycles. The monoisotopic (exact) mass is 325 g/mol. The van der Waals surface area contributed by atoms with Gasteiger partial charge in [-0.15, -0.1) is 5.73 Å². The zero-order valence-corrected chi connectivity index (χ0v) is 12.1. The molecule has 0 fully saturated rings.